The fourth-order valence-electron chi connectivity index (χ4n) is 1.97. The molecule has 0 aliphatic carbocycles. The van der Waals surface area contributed by atoms with Crippen molar-refractivity contribution in [2.75, 3.05) is 13.7 Å². The van der Waals surface area contributed by atoms with Crippen LogP contribution in [0.4, 0.5) is 0 Å². The number of methoxy groups -OCH3 is 1. The summed E-state index contributed by atoms with van der Waals surface area (Å²) in [7, 11) is 1.64. The quantitative estimate of drug-likeness (QED) is 0.758. The van der Waals surface area contributed by atoms with Crippen LogP contribution in [0.25, 0.3) is 0 Å². The third kappa shape index (κ3) is 4.91. The molecule has 2 N–H and O–H groups in total. The Balaban J connectivity index is 2.53. The molecule has 1 aromatic rings. The van der Waals surface area contributed by atoms with Crippen molar-refractivity contribution in [1.29, 1.82) is 0 Å². The van der Waals surface area contributed by atoms with Gasteiger partial charge in [0.1, 0.15) is 11.8 Å². The van der Waals surface area contributed by atoms with E-state index >= 15 is 0 Å². The molecule has 4 nitrogen and oxygen atoms in total. The van der Waals surface area contributed by atoms with Gasteiger partial charge in [-0.05, 0) is 30.0 Å². The van der Waals surface area contributed by atoms with Gasteiger partial charge in [0.05, 0.1) is 7.11 Å². The highest BCUT2D eigenvalue weighted by Crippen LogP contribution is 2.18. The summed E-state index contributed by atoms with van der Waals surface area (Å²) in [6, 6.07) is 7.42. The van der Waals surface area contributed by atoms with E-state index in [-0.39, 0.29) is 5.92 Å². The number of carboxylic acids is 1. The van der Waals surface area contributed by atoms with Gasteiger partial charge in [-0.3, -0.25) is 4.79 Å². The first-order valence-corrected chi connectivity index (χ1v) is 6.68. The number of carbonyl (C=O) groups is 1. The average Bonchev–Trinajstić information content (AvgIpc) is 2.42. The second-order valence-corrected chi connectivity index (χ2v) is 4.76. The maximum Gasteiger partial charge on any atom is 0.320 e. The first-order valence-electron chi connectivity index (χ1n) is 6.68. The highest BCUT2D eigenvalue weighted by atomic mass is 16.5. The molecule has 0 radical (unpaired) electrons. The molecular weight excluding hydrogens is 242 g/mol. The molecule has 0 fully saturated rings. The summed E-state index contributed by atoms with van der Waals surface area (Å²) in [4.78, 5) is 11.0. The molecule has 0 aliphatic rings. The van der Waals surface area contributed by atoms with Gasteiger partial charge in [0.2, 0.25) is 0 Å². The van der Waals surface area contributed by atoms with E-state index in [1.54, 1.807) is 7.11 Å². The molecular formula is C15H23NO3. The predicted molar refractivity (Wildman–Crippen MR) is 75.7 cm³/mol. The van der Waals surface area contributed by atoms with Crippen LogP contribution < -0.4 is 10.1 Å². The summed E-state index contributed by atoms with van der Waals surface area (Å²) >= 11 is 0. The second-order valence-electron chi connectivity index (χ2n) is 4.76. The molecule has 0 aromatic heterocycles. The Labute approximate surface area is 114 Å². The minimum atomic E-state index is -0.774. The van der Waals surface area contributed by atoms with E-state index in [0.29, 0.717) is 13.0 Å². The molecule has 1 aromatic carbocycles. The monoisotopic (exact) mass is 265 g/mol. The maximum atomic E-state index is 11.0. The Morgan fingerprint density at radius 1 is 1.37 bits per heavy atom. The number of carboxylic acid groups (broad SMARTS) is 1. The number of aliphatic carboxylic acids is 1. The summed E-state index contributed by atoms with van der Waals surface area (Å²) in [6.45, 7) is 4.73. The fourth-order valence-corrected chi connectivity index (χ4v) is 1.97. The lowest BCUT2D eigenvalue weighted by Gasteiger charge is -2.18. The Morgan fingerprint density at radius 2 is 2.00 bits per heavy atom. The first-order chi connectivity index (χ1) is 9.08. The van der Waals surface area contributed by atoms with Gasteiger partial charge in [-0.2, -0.15) is 0 Å². The molecule has 2 atom stereocenters. The lowest BCUT2D eigenvalue weighted by Crippen LogP contribution is -2.38. The lowest BCUT2D eigenvalue weighted by atomic mass is 10.0. The summed E-state index contributed by atoms with van der Waals surface area (Å²) in [5.41, 5.74) is 1.17. The van der Waals surface area contributed by atoms with Crippen molar-refractivity contribution in [1.82, 2.24) is 5.32 Å². The van der Waals surface area contributed by atoms with E-state index in [1.165, 1.54) is 5.56 Å². The molecule has 2 unspecified atom stereocenters. The van der Waals surface area contributed by atoms with Gasteiger partial charge >= 0.3 is 5.97 Å². The highest BCUT2D eigenvalue weighted by Gasteiger charge is 2.16. The third-order valence-electron chi connectivity index (χ3n) is 3.23. The summed E-state index contributed by atoms with van der Waals surface area (Å²) < 4.78 is 5.12. The fraction of sp³-hybridized carbons (Fsp3) is 0.533. The number of benzene rings is 1. The van der Waals surface area contributed by atoms with Crippen LogP contribution in [-0.2, 0) is 4.79 Å². The van der Waals surface area contributed by atoms with Gasteiger partial charge in [0, 0.05) is 6.54 Å². The summed E-state index contributed by atoms with van der Waals surface area (Å²) in [6.07, 6.45) is 1.52. The molecule has 0 bridgehead atoms. The van der Waals surface area contributed by atoms with Crippen molar-refractivity contribution in [3.05, 3.63) is 29.8 Å². The molecule has 0 saturated carbocycles. The van der Waals surface area contributed by atoms with E-state index in [0.717, 1.165) is 12.2 Å². The number of rotatable bonds is 8. The SMILES string of the molecule is CCCC(NCC(C)c1ccc(OC)cc1)C(=O)O. The molecule has 19 heavy (non-hydrogen) atoms. The average molecular weight is 265 g/mol. The molecule has 0 amide bonds. The van der Waals surface area contributed by atoms with Gasteiger partial charge in [0.15, 0.2) is 0 Å². The van der Waals surface area contributed by atoms with Crippen LogP contribution in [0.2, 0.25) is 0 Å². The zero-order valence-electron chi connectivity index (χ0n) is 11.8. The number of nitrogens with one attached hydrogen (secondary N) is 1. The maximum absolute atomic E-state index is 11.0. The van der Waals surface area contributed by atoms with Gasteiger partial charge in [-0.15, -0.1) is 0 Å². The second kappa shape index (κ2) is 7.79. The standard InChI is InChI=1S/C15H23NO3/c1-4-5-14(15(17)18)16-10-11(2)12-6-8-13(19-3)9-7-12/h6-9,11,14,16H,4-5,10H2,1-3H3,(H,17,18). The third-order valence-corrected chi connectivity index (χ3v) is 3.23. The van der Waals surface area contributed by atoms with Crippen LogP contribution >= 0.6 is 0 Å². The van der Waals surface area contributed by atoms with Gasteiger partial charge in [-0.25, -0.2) is 0 Å². The number of hydrogen-bond acceptors (Lipinski definition) is 3. The molecule has 0 heterocycles. The van der Waals surface area contributed by atoms with E-state index in [4.69, 9.17) is 9.84 Å². The smallest absolute Gasteiger partial charge is 0.320 e. The van der Waals surface area contributed by atoms with Crippen molar-refractivity contribution in [3.63, 3.8) is 0 Å². The molecule has 106 valence electrons. The van der Waals surface area contributed by atoms with E-state index < -0.39 is 12.0 Å². The van der Waals surface area contributed by atoms with Gasteiger partial charge in [-0.1, -0.05) is 32.4 Å². The Morgan fingerprint density at radius 3 is 2.47 bits per heavy atom. The van der Waals surface area contributed by atoms with Crippen LogP contribution in [-0.4, -0.2) is 30.8 Å². The molecule has 0 saturated heterocycles. The topological polar surface area (TPSA) is 58.6 Å². The molecule has 1 rings (SSSR count). The van der Waals surface area contributed by atoms with Crippen molar-refractivity contribution < 1.29 is 14.6 Å². The Bertz CT molecular complexity index is 389. The van der Waals surface area contributed by atoms with Crippen molar-refractivity contribution in [2.24, 2.45) is 0 Å². The molecule has 0 spiro atoms. The highest BCUT2D eigenvalue weighted by molar-refractivity contribution is 5.73. The minimum Gasteiger partial charge on any atom is -0.497 e. The Hall–Kier alpha value is -1.55. The number of hydrogen-bond donors (Lipinski definition) is 2. The normalized spacial score (nSPS) is 13.8. The van der Waals surface area contributed by atoms with E-state index in [1.807, 2.05) is 31.2 Å². The zero-order chi connectivity index (χ0) is 14.3. The van der Waals surface area contributed by atoms with Crippen LogP contribution in [0, 0.1) is 0 Å². The van der Waals surface area contributed by atoms with Crippen molar-refractivity contribution in [2.45, 2.75) is 38.6 Å². The summed E-state index contributed by atoms with van der Waals surface area (Å²) in [5, 5.41) is 12.2. The first kappa shape index (κ1) is 15.5. The number of ether oxygens (including phenoxy) is 1. The predicted octanol–water partition coefficient (Wildman–Crippen LogP) is 2.64. The van der Waals surface area contributed by atoms with Gasteiger partial charge in [0.25, 0.3) is 0 Å². The van der Waals surface area contributed by atoms with Crippen molar-refractivity contribution >= 4 is 5.97 Å². The lowest BCUT2D eigenvalue weighted by molar-refractivity contribution is -0.139. The minimum absolute atomic E-state index is 0.268. The largest absolute Gasteiger partial charge is 0.497 e. The van der Waals surface area contributed by atoms with Crippen LogP contribution in [0.15, 0.2) is 24.3 Å². The Kier molecular flexibility index (Phi) is 6.36. The van der Waals surface area contributed by atoms with Crippen LogP contribution in [0.1, 0.15) is 38.2 Å². The van der Waals surface area contributed by atoms with Gasteiger partial charge < -0.3 is 15.2 Å². The summed E-state index contributed by atoms with van der Waals surface area (Å²) in [5.74, 6) is 0.326. The molecule has 4 heteroatoms. The zero-order valence-corrected chi connectivity index (χ0v) is 11.8. The van der Waals surface area contributed by atoms with Crippen LogP contribution in [0.5, 0.6) is 5.75 Å². The van der Waals surface area contributed by atoms with Crippen LogP contribution in [0.3, 0.4) is 0 Å². The van der Waals surface area contributed by atoms with E-state index in [2.05, 4.69) is 12.2 Å². The van der Waals surface area contributed by atoms with Crippen molar-refractivity contribution in [3.8, 4) is 5.75 Å². The van der Waals surface area contributed by atoms with E-state index in [9.17, 15) is 4.79 Å². The molecule has 0 aliphatic heterocycles.